The average molecular weight is 353 g/mol. The fourth-order valence-electron chi connectivity index (χ4n) is 1.77. The lowest BCUT2D eigenvalue weighted by atomic mass is 10.2. The van der Waals surface area contributed by atoms with Gasteiger partial charge in [0.25, 0.3) is 5.91 Å². The lowest BCUT2D eigenvalue weighted by Crippen LogP contribution is -2.43. The van der Waals surface area contributed by atoms with Gasteiger partial charge in [0.15, 0.2) is 12.6 Å². The highest BCUT2D eigenvalue weighted by molar-refractivity contribution is 7.99. The highest BCUT2D eigenvalue weighted by Gasteiger charge is 2.16. The molecule has 0 bridgehead atoms. The number of hydrogen-bond acceptors (Lipinski definition) is 4. The van der Waals surface area contributed by atoms with Crippen molar-refractivity contribution in [3.63, 3.8) is 0 Å². The highest BCUT2D eigenvalue weighted by Crippen LogP contribution is 2.19. The van der Waals surface area contributed by atoms with Crippen LogP contribution in [0.3, 0.4) is 0 Å². The predicted molar refractivity (Wildman–Crippen MR) is 102 cm³/mol. The van der Waals surface area contributed by atoms with Gasteiger partial charge in [-0.15, -0.1) is 0 Å². The van der Waals surface area contributed by atoms with E-state index >= 15 is 0 Å². The molecule has 0 unspecified atom stereocenters. The Kier molecular flexibility index (Phi) is 8.46. The van der Waals surface area contributed by atoms with Gasteiger partial charge in [-0.1, -0.05) is 12.1 Å². The van der Waals surface area contributed by atoms with E-state index in [-0.39, 0.29) is 11.4 Å². The van der Waals surface area contributed by atoms with Gasteiger partial charge in [-0.2, -0.15) is 11.8 Å². The van der Waals surface area contributed by atoms with E-state index in [1.807, 2.05) is 36.9 Å². The van der Waals surface area contributed by atoms with Gasteiger partial charge in [0, 0.05) is 17.8 Å². The number of benzene rings is 1. The molecule has 0 aromatic heterocycles. The van der Waals surface area contributed by atoms with Gasteiger partial charge in [0.1, 0.15) is 5.75 Å². The number of ether oxygens (including phenoxy) is 1. The smallest absolute Gasteiger partial charge is 0.255 e. The van der Waals surface area contributed by atoms with Crippen LogP contribution in [-0.2, 0) is 11.3 Å². The minimum absolute atomic E-state index is 0.124. The molecule has 0 spiro atoms. The molecule has 6 nitrogen and oxygen atoms in total. The monoisotopic (exact) mass is 352 g/mol. The number of thioether (sulfide) groups is 1. The summed E-state index contributed by atoms with van der Waals surface area (Å²) in [5, 5.41) is 6.60. The van der Waals surface area contributed by atoms with Crippen LogP contribution >= 0.6 is 11.8 Å². The molecule has 0 fully saturated rings. The molecule has 1 rings (SSSR count). The van der Waals surface area contributed by atoms with Gasteiger partial charge in [-0.25, -0.2) is 4.99 Å². The van der Waals surface area contributed by atoms with E-state index in [1.165, 1.54) is 0 Å². The van der Waals surface area contributed by atoms with Crippen LogP contribution in [-0.4, -0.2) is 42.6 Å². The Morgan fingerprint density at radius 2 is 2.12 bits per heavy atom. The summed E-state index contributed by atoms with van der Waals surface area (Å²) in [5.41, 5.74) is 6.08. The molecule has 0 aliphatic rings. The second kappa shape index (κ2) is 10.1. The minimum Gasteiger partial charge on any atom is -0.484 e. The van der Waals surface area contributed by atoms with Crippen LogP contribution in [0, 0.1) is 0 Å². The summed E-state index contributed by atoms with van der Waals surface area (Å²) >= 11 is 1.81. The third-order valence-electron chi connectivity index (χ3n) is 3.28. The number of amides is 1. The first-order valence-corrected chi connectivity index (χ1v) is 9.16. The summed E-state index contributed by atoms with van der Waals surface area (Å²) in [6.45, 7) is 8.43. The maximum atomic E-state index is 10.8. The summed E-state index contributed by atoms with van der Waals surface area (Å²) in [6, 6.07) is 7.50. The number of hydrogen-bond donors (Lipinski definition) is 3. The topological polar surface area (TPSA) is 88.7 Å². The van der Waals surface area contributed by atoms with Crippen molar-refractivity contribution in [3.8, 4) is 5.75 Å². The Bertz CT molecular complexity index is 561. The molecule has 0 atom stereocenters. The zero-order chi connectivity index (χ0) is 18.0. The van der Waals surface area contributed by atoms with Crippen molar-refractivity contribution in [2.45, 2.75) is 32.1 Å². The largest absolute Gasteiger partial charge is 0.484 e. The minimum atomic E-state index is -0.492. The first kappa shape index (κ1) is 20.2. The molecule has 0 aliphatic heterocycles. The Labute approximate surface area is 148 Å². The molecule has 0 radical (unpaired) electrons. The van der Waals surface area contributed by atoms with Crippen molar-refractivity contribution in [3.05, 3.63) is 29.8 Å². The van der Waals surface area contributed by atoms with E-state index in [2.05, 4.69) is 35.7 Å². The Morgan fingerprint density at radius 1 is 1.38 bits per heavy atom. The first-order valence-electron chi connectivity index (χ1n) is 7.93. The second-order valence-electron chi connectivity index (χ2n) is 5.91. The molecule has 0 saturated heterocycles. The molecule has 7 heteroatoms. The third kappa shape index (κ3) is 8.10. The highest BCUT2D eigenvalue weighted by atomic mass is 32.2. The fraction of sp³-hybridized carbons (Fsp3) is 0.529. The molecule has 0 aliphatic carbocycles. The third-order valence-corrected chi connectivity index (χ3v) is 4.53. The molecule has 4 N–H and O–H groups in total. The van der Waals surface area contributed by atoms with Gasteiger partial charge in [0.2, 0.25) is 0 Å². The standard InChI is InChI=1S/C17H28N4O2S/c1-5-19-16(21-12-17(2,3)24-4)20-10-13-7-6-8-14(9-13)23-11-15(18)22/h6-9H,5,10-12H2,1-4H3,(H2,18,22)(H2,19,20,21). The van der Waals surface area contributed by atoms with Crippen LogP contribution in [0.15, 0.2) is 29.3 Å². The van der Waals surface area contributed by atoms with E-state index in [0.29, 0.717) is 12.3 Å². The number of carbonyl (C=O) groups is 1. The van der Waals surface area contributed by atoms with Gasteiger partial charge >= 0.3 is 0 Å². The van der Waals surface area contributed by atoms with Crippen molar-refractivity contribution >= 4 is 23.6 Å². The average Bonchev–Trinajstić information content (AvgIpc) is 2.56. The molecular formula is C17H28N4O2S. The number of guanidine groups is 1. The molecule has 1 amide bonds. The van der Waals surface area contributed by atoms with Crippen LogP contribution in [0.25, 0.3) is 0 Å². The molecule has 24 heavy (non-hydrogen) atoms. The number of nitrogens with one attached hydrogen (secondary N) is 2. The summed E-state index contributed by atoms with van der Waals surface area (Å²) in [5.74, 6) is 0.902. The Hall–Kier alpha value is -1.89. The first-order chi connectivity index (χ1) is 11.4. The number of nitrogens with zero attached hydrogens (tertiary/aromatic N) is 1. The molecule has 134 valence electrons. The van der Waals surface area contributed by atoms with E-state index in [1.54, 1.807) is 6.07 Å². The molecule has 1 aromatic rings. The summed E-state index contributed by atoms with van der Waals surface area (Å²) in [7, 11) is 0. The number of primary amides is 1. The number of nitrogens with two attached hydrogens (primary N) is 1. The van der Waals surface area contributed by atoms with E-state index in [4.69, 9.17) is 10.5 Å². The van der Waals surface area contributed by atoms with E-state index in [9.17, 15) is 4.79 Å². The lowest BCUT2D eigenvalue weighted by molar-refractivity contribution is -0.119. The zero-order valence-corrected chi connectivity index (χ0v) is 15.7. The van der Waals surface area contributed by atoms with Gasteiger partial charge in [-0.05, 0) is 44.7 Å². The van der Waals surface area contributed by atoms with Crippen LogP contribution in [0.4, 0.5) is 0 Å². The summed E-state index contributed by atoms with van der Waals surface area (Å²) < 4.78 is 5.45. The quantitative estimate of drug-likeness (QED) is 0.465. The van der Waals surface area contributed by atoms with Crippen molar-refractivity contribution in [2.75, 3.05) is 26.0 Å². The Balaban J connectivity index is 2.68. The van der Waals surface area contributed by atoms with E-state index < -0.39 is 5.91 Å². The molecule has 0 heterocycles. The normalized spacial score (nSPS) is 11.9. The second-order valence-corrected chi connectivity index (χ2v) is 7.43. The predicted octanol–water partition coefficient (Wildman–Crippen LogP) is 1.75. The van der Waals surface area contributed by atoms with Crippen LogP contribution < -0.4 is 21.1 Å². The fourth-order valence-corrected chi connectivity index (χ4v) is 1.99. The van der Waals surface area contributed by atoms with Crippen molar-refractivity contribution < 1.29 is 9.53 Å². The molecule has 0 saturated carbocycles. The summed E-state index contributed by atoms with van der Waals surface area (Å²) in [4.78, 5) is 15.4. The van der Waals surface area contributed by atoms with Crippen LogP contribution in [0.1, 0.15) is 26.3 Å². The van der Waals surface area contributed by atoms with Crippen molar-refractivity contribution in [1.82, 2.24) is 10.6 Å². The van der Waals surface area contributed by atoms with Crippen molar-refractivity contribution in [1.29, 1.82) is 0 Å². The zero-order valence-electron chi connectivity index (χ0n) is 14.9. The lowest BCUT2D eigenvalue weighted by Gasteiger charge is -2.23. The van der Waals surface area contributed by atoms with Gasteiger partial charge in [-0.3, -0.25) is 4.79 Å². The SMILES string of the molecule is CCNC(=NCc1cccc(OCC(N)=O)c1)NCC(C)(C)SC. The Morgan fingerprint density at radius 3 is 2.75 bits per heavy atom. The number of rotatable bonds is 9. The van der Waals surface area contributed by atoms with Crippen LogP contribution in [0.2, 0.25) is 0 Å². The summed E-state index contributed by atoms with van der Waals surface area (Å²) in [6.07, 6.45) is 2.10. The van der Waals surface area contributed by atoms with Gasteiger partial charge in [0.05, 0.1) is 6.54 Å². The van der Waals surface area contributed by atoms with Crippen molar-refractivity contribution in [2.24, 2.45) is 10.7 Å². The number of carbonyl (C=O) groups excluding carboxylic acids is 1. The molecule has 1 aromatic carbocycles. The maximum Gasteiger partial charge on any atom is 0.255 e. The van der Waals surface area contributed by atoms with Gasteiger partial charge < -0.3 is 21.1 Å². The maximum absolute atomic E-state index is 10.8. The molecular weight excluding hydrogens is 324 g/mol. The van der Waals surface area contributed by atoms with E-state index in [0.717, 1.165) is 24.6 Å². The number of aliphatic imine (C=N–C) groups is 1. The van der Waals surface area contributed by atoms with Crippen LogP contribution in [0.5, 0.6) is 5.75 Å².